The SMILES string of the molecule is O=C([C@H](Sc1nnc(Cc2cccs2)n1C1CCCCC1)c1ccccc1)N1CCOCC1. The predicted octanol–water partition coefficient (Wildman–Crippen LogP) is 5.13. The summed E-state index contributed by atoms with van der Waals surface area (Å²) in [6.45, 7) is 2.48. The second-order valence-electron chi connectivity index (χ2n) is 8.66. The highest BCUT2D eigenvalue weighted by atomic mass is 32.2. The van der Waals surface area contributed by atoms with E-state index in [2.05, 4.69) is 32.3 Å². The molecule has 1 aliphatic carbocycles. The number of carbonyl (C=O) groups excluding carboxylic acids is 1. The summed E-state index contributed by atoms with van der Waals surface area (Å²) in [6, 6.07) is 14.7. The van der Waals surface area contributed by atoms with Gasteiger partial charge in [0.15, 0.2) is 5.16 Å². The van der Waals surface area contributed by atoms with Crippen LogP contribution in [0.4, 0.5) is 0 Å². The van der Waals surface area contributed by atoms with E-state index in [1.165, 1.54) is 24.1 Å². The summed E-state index contributed by atoms with van der Waals surface area (Å²) < 4.78 is 7.83. The number of nitrogens with zero attached hydrogens (tertiary/aromatic N) is 4. The zero-order valence-electron chi connectivity index (χ0n) is 18.8. The Labute approximate surface area is 203 Å². The number of benzene rings is 1. The molecule has 0 radical (unpaired) electrons. The van der Waals surface area contributed by atoms with Crippen molar-refractivity contribution in [1.82, 2.24) is 19.7 Å². The molecule has 2 fully saturated rings. The molecule has 1 saturated carbocycles. The molecule has 0 N–H and O–H groups in total. The standard InChI is InChI=1S/C25H30N4O2S2/c30-24(28-13-15-31-16-14-28)23(19-8-3-1-4-9-19)33-25-27-26-22(18-21-12-7-17-32-21)29(25)20-10-5-2-6-11-20/h1,3-4,7-9,12,17,20,23H,2,5-6,10-11,13-16,18H2/t23-/m1/s1. The van der Waals surface area contributed by atoms with Crippen LogP contribution >= 0.6 is 23.1 Å². The number of hydrogen-bond acceptors (Lipinski definition) is 6. The molecule has 2 aromatic heterocycles. The summed E-state index contributed by atoms with van der Waals surface area (Å²) in [5.74, 6) is 1.14. The van der Waals surface area contributed by atoms with Gasteiger partial charge >= 0.3 is 0 Å². The quantitative estimate of drug-likeness (QED) is 0.437. The molecule has 2 aliphatic rings. The highest BCUT2D eigenvalue weighted by molar-refractivity contribution is 8.00. The van der Waals surface area contributed by atoms with Crippen LogP contribution in [0.5, 0.6) is 0 Å². The van der Waals surface area contributed by atoms with Gasteiger partial charge in [-0.3, -0.25) is 4.79 Å². The van der Waals surface area contributed by atoms with Gasteiger partial charge in [0.05, 0.1) is 13.2 Å². The number of carbonyl (C=O) groups is 1. The van der Waals surface area contributed by atoms with E-state index in [1.807, 2.05) is 35.2 Å². The van der Waals surface area contributed by atoms with E-state index < -0.39 is 0 Å². The lowest BCUT2D eigenvalue weighted by molar-refractivity contribution is -0.134. The Morgan fingerprint density at radius 3 is 2.58 bits per heavy atom. The molecule has 6 nitrogen and oxygen atoms in total. The number of thioether (sulfide) groups is 1. The van der Waals surface area contributed by atoms with E-state index in [1.54, 1.807) is 23.1 Å². The highest BCUT2D eigenvalue weighted by Crippen LogP contribution is 2.40. The van der Waals surface area contributed by atoms with Gasteiger partial charge in [0, 0.05) is 30.4 Å². The van der Waals surface area contributed by atoms with E-state index in [9.17, 15) is 4.79 Å². The molecule has 1 atom stereocenters. The minimum atomic E-state index is -0.342. The lowest BCUT2D eigenvalue weighted by Crippen LogP contribution is -2.42. The number of rotatable bonds is 7. The molecule has 3 aromatic rings. The minimum Gasteiger partial charge on any atom is -0.378 e. The fourth-order valence-corrected chi connectivity index (χ4v) is 6.64. The Kier molecular flexibility index (Phi) is 7.43. The van der Waals surface area contributed by atoms with Crippen molar-refractivity contribution in [2.24, 2.45) is 0 Å². The molecule has 8 heteroatoms. The number of hydrogen-bond donors (Lipinski definition) is 0. The van der Waals surface area contributed by atoms with Crippen molar-refractivity contribution in [2.75, 3.05) is 26.3 Å². The number of amides is 1. The Morgan fingerprint density at radius 1 is 1.06 bits per heavy atom. The summed E-state index contributed by atoms with van der Waals surface area (Å²) in [6.07, 6.45) is 6.85. The minimum absolute atomic E-state index is 0.132. The fraction of sp³-hybridized carbons (Fsp3) is 0.480. The van der Waals surface area contributed by atoms with Crippen LogP contribution in [0, 0.1) is 0 Å². The Hall–Kier alpha value is -2.16. The first-order valence-corrected chi connectivity index (χ1v) is 13.6. The number of thiophene rings is 1. The average molecular weight is 483 g/mol. The van der Waals surface area contributed by atoms with Gasteiger partial charge in [-0.1, -0.05) is 67.4 Å². The lowest BCUT2D eigenvalue weighted by atomic mass is 9.95. The smallest absolute Gasteiger partial charge is 0.240 e. The first kappa shape index (κ1) is 22.6. The number of ether oxygens (including phenoxy) is 1. The van der Waals surface area contributed by atoms with Crippen LogP contribution in [0.25, 0.3) is 0 Å². The van der Waals surface area contributed by atoms with Crippen LogP contribution in [0.3, 0.4) is 0 Å². The van der Waals surface area contributed by atoms with Crippen molar-refractivity contribution in [3.63, 3.8) is 0 Å². The molecule has 33 heavy (non-hydrogen) atoms. The third-order valence-electron chi connectivity index (χ3n) is 6.46. The molecule has 3 heterocycles. The summed E-state index contributed by atoms with van der Waals surface area (Å²) in [5.41, 5.74) is 1.01. The molecule has 1 saturated heterocycles. The third kappa shape index (κ3) is 5.34. The Morgan fingerprint density at radius 2 is 1.85 bits per heavy atom. The van der Waals surface area contributed by atoms with E-state index in [0.717, 1.165) is 35.8 Å². The van der Waals surface area contributed by atoms with Gasteiger partial charge < -0.3 is 14.2 Å². The van der Waals surface area contributed by atoms with Gasteiger partial charge in [0.25, 0.3) is 0 Å². The fourth-order valence-electron chi connectivity index (χ4n) is 4.73. The number of aromatic nitrogens is 3. The maximum absolute atomic E-state index is 13.6. The van der Waals surface area contributed by atoms with Crippen LogP contribution in [0.2, 0.25) is 0 Å². The van der Waals surface area contributed by atoms with Gasteiger partial charge in [-0.2, -0.15) is 0 Å². The molecular formula is C25H30N4O2S2. The zero-order valence-corrected chi connectivity index (χ0v) is 20.4. The van der Waals surface area contributed by atoms with Crippen molar-refractivity contribution in [3.8, 4) is 0 Å². The third-order valence-corrected chi connectivity index (χ3v) is 8.54. The van der Waals surface area contributed by atoms with Crippen LogP contribution in [0.15, 0.2) is 53.0 Å². The van der Waals surface area contributed by atoms with Gasteiger partial charge in [0.2, 0.25) is 5.91 Å². The van der Waals surface area contributed by atoms with E-state index in [-0.39, 0.29) is 11.2 Å². The van der Waals surface area contributed by atoms with Crippen LogP contribution in [-0.4, -0.2) is 51.9 Å². The highest BCUT2D eigenvalue weighted by Gasteiger charge is 2.32. The summed E-state index contributed by atoms with van der Waals surface area (Å²) in [7, 11) is 0. The van der Waals surface area contributed by atoms with Gasteiger partial charge in [-0.05, 0) is 29.9 Å². The molecule has 1 aromatic carbocycles. The summed E-state index contributed by atoms with van der Waals surface area (Å²) in [5, 5.41) is 11.9. The predicted molar refractivity (Wildman–Crippen MR) is 132 cm³/mol. The zero-order chi connectivity index (χ0) is 22.5. The Balaban J connectivity index is 1.47. The molecule has 174 valence electrons. The largest absolute Gasteiger partial charge is 0.378 e. The van der Waals surface area contributed by atoms with E-state index >= 15 is 0 Å². The van der Waals surface area contributed by atoms with Gasteiger partial charge in [0.1, 0.15) is 11.1 Å². The molecule has 5 rings (SSSR count). The second-order valence-corrected chi connectivity index (χ2v) is 10.8. The average Bonchev–Trinajstić information content (AvgIpc) is 3.54. The number of morpholine rings is 1. The Bertz CT molecular complexity index is 1030. The maximum Gasteiger partial charge on any atom is 0.240 e. The molecule has 1 amide bonds. The monoisotopic (exact) mass is 482 g/mol. The summed E-state index contributed by atoms with van der Waals surface area (Å²) in [4.78, 5) is 16.9. The van der Waals surface area contributed by atoms with Crippen molar-refractivity contribution < 1.29 is 9.53 Å². The van der Waals surface area contributed by atoms with Crippen molar-refractivity contribution in [3.05, 3.63) is 64.1 Å². The van der Waals surface area contributed by atoms with Crippen LogP contribution in [0.1, 0.15) is 59.7 Å². The summed E-state index contributed by atoms with van der Waals surface area (Å²) >= 11 is 3.31. The lowest BCUT2D eigenvalue weighted by Gasteiger charge is -2.31. The topological polar surface area (TPSA) is 60.2 Å². The first-order chi connectivity index (χ1) is 16.3. The van der Waals surface area contributed by atoms with Crippen molar-refractivity contribution >= 4 is 29.0 Å². The van der Waals surface area contributed by atoms with Crippen LogP contribution in [-0.2, 0) is 16.0 Å². The van der Waals surface area contributed by atoms with Gasteiger partial charge in [-0.15, -0.1) is 21.5 Å². The molecule has 0 spiro atoms. The van der Waals surface area contributed by atoms with Crippen molar-refractivity contribution in [1.29, 1.82) is 0 Å². The maximum atomic E-state index is 13.6. The molecule has 0 unspecified atom stereocenters. The van der Waals surface area contributed by atoms with E-state index in [0.29, 0.717) is 32.3 Å². The van der Waals surface area contributed by atoms with Crippen LogP contribution < -0.4 is 0 Å². The molecule has 1 aliphatic heterocycles. The first-order valence-electron chi connectivity index (χ1n) is 11.8. The molecule has 0 bridgehead atoms. The molecular weight excluding hydrogens is 452 g/mol. The van der Waals surface area contributed by atoms with E-state index in [4.69, 9.17) is 4.74 Å². The van der Waals surface area contributed by atoms with Crippen molar-refractivity contribution in [2.45, 2.75) is 55.0 Å². The van der Waals surface area contributed by atoms with Gasteiger partial charge in [-0.25, -0.2) is 0 Å². The second kappa shape index (κ2) is 10.8. The normalized spacial score (nSPS) is 18.4.